The van der Waals surface area contributed by atoms with Gasteiger partial charge in [-0.2, -0.15) is 0 Å². The maximum Gasteiger partial charge on any atom is 0.237 e. The van der Waals surface area contributed by atoms with E-state index in [1.807, 2.05) is 24.3 Å². The molecule has 0 spiro atoms. The molecule has 100 valence electrons. The summed E-state index contributed by atoms with van der Waals surface area (Å²) in [4.78, 5) is 19.6. The summed E-state index contributed by atoms with van der Waals surface area (Å²) in [7, 11) is 0. The summed E-state index contributed by atoms with van der Waals surface area (Å²) in [5.74, 6) is 0.866. The molecule has 3 N–H and O–H groups in total. The molecule has 3 rings (SSSR count). The van der Waals surface area contributed by atoms with Gasteiger partial charge in [-0.1, -0.05) is 18.6 Å². The highest BCUT2D eigenvalue weighted by Gasteiger charge is 2.20. The molecule has 2 heterocycles. The number of imidazole rings is 1. The zero-order valence-corrected chi connectivity index (χ0v) is 10.8. The topological polar surface area (TPSA) is 69.8 Å². The van der Waals surface area contributed by atoms with Gasteiger partial charge in [0.25, 0.3) is 0 Å². The molecule has 1 aromatic carbocycles. The highest BCUT2D eigenvalue weighted by Crippen LogP contribution is 2.10. The molecular weight excluding hydrogens is 240 g/mol. The first-order chi connectivity index (χ1) is 9.33. The third-order valence-electron chi connectivity index (χ3n) is 3.50. The van der Waals surface area contributed by atoms with Crippen LogP contribution in [0.25, 0.3) is 11.0 Å². The fraction of sp³-hybridized carbons (Fsp3) is 0.429. The summed E-state index contributed by atoms with van der Waals surface area (Å²) < 4.78 is 0. The number of hydrogen-bond acceptors (Lipinski definition) is 3. The van der Waals surface area contributed by atoms with Gasteiger partial charge in [-0.15, -0.1) is 0 Å². The van der Waals surface area contributed by atoms with Gasteiger partial charge in [0, 0.05) is 0 Å². The van der Waals surface area contributed by atoms with E-state index >= 15 is 0 Å². The summed E-state index contributed by atoms with van der Waals surface area (Å²) in [5, 5.41) is 6.17. The summed E-state index contributed by atoms with van der Waals surface area (Å²) in [6, 6.07) is 7.82. The lowest BCUT2D eigenvalue weighted by atomic mass is 10.0. The van der Waals surface area contributed by atoms with Gasteiger partial charge in [0.05, 0.1) is 23.6 Å². The van der Waals surface area contributed by atoms with Crippen LogP contribution in [0.5, 0.6) is 0 Å². The number of rotatable bonds is 3. The Bertz CT molecular complexity index is 539. The Morgan fingerprint density at radius 3 is 3.05 bits per heavy atom. The number of carbonyl (C=O) groups is 1. The Morgan fingerprint density at radius 1 is 1.37 bits per heavy atom. The molecule has 0 aliphatic carbocycles. The first kappa shape index (κ1) is 12.2. The third kappa shape index (κ3) is 2.76. The van der Waals surface area contributed by atoms with Crippen LogP contribution in [-0.2, 0) is 11.3 Å². The monoisotopic (exact) mass is 258 g/mol. The van der Waals surface area contributed by atoms with Crippen molar-refractivity contribution in [2.75, 3.05) is 6.54 Å². The maximum absolute atomic E-state index is 12.0. The number of amides is 1. The second-order valence-corrected chi connectivity index (χ2v) is 4.92. The molecular formula is C14H18N4O. The smallest absolute Gasteiger partial charge is 0.237 e. The summed E-state index contributed by atoms with van der Waals surface area (Å²) in [6.07, 6.45) is 3.20. The molecule has 1 aromatic heterocycles. The van der Waals surface area contributed by atoms with E-state index in [1.165, 1.54) is 0 Å². The lowest BCUT2D eigenvalue weighted by Crippen LogP contribution is -2.46. The molecule has 0 unspecified atom stereocenters. The fourth-order valence-corrected chi connectivity index (χ4v) is 2.46. The Balaban J connectivity index is 1.60. The van der Waals surface area contributed by atoms with Crippen LogP contribution in [0.15, 0.2) is 24.3 Å². The van der Waals surface area contributed by atoms with Crippen LogP contribution >= 0.6 is 0 Å². The van der Waals surface area contributed by atoms with Crippen LogP contribution < -0.4 is 10.6 Å². The van der Waals surface area contributed by atoms with Gasteiger partial charge in [-0.25, -0.2) is 4.98 Å². The van der Waals surface area contributed by atoms with Crippen molar-refractivity contribution in [3.8, 4) is 0 Å². The number of piperidine rings is 1. The highest BCUT2D eigenvalue weighted by molar-refractivity contribution is 5.82. The van der Waals surface area contributed by atoms with Crippen LogP contribution in [0.3, 0.4) is 0 Å². The van der Waals surface area contributed by atoms with Gasteiger partial charge in [-0.05, 0) is 31.5 Å². The highest BCUT2D eigenvalue weighted by atomic mass is 16.2. The van der Waals surface area contributed by atoms with Crippen molar-refractivity contribution < 1.29 is 4.79 Å². The molecule has 1 aliphatic rings. The Kier molecular flexibility index (Phi) is 3.46. The summed E-state index contributed by atoms with van der Waals surface area (Å²) in [6.45, 7) is 1.38. The number of benzene rings is 1. The van der Waals surface area contributed by atoms with E-state index in [-0.39, 0.29) is 11.9 Å². The molecule has 19 heavy (non-hydrogen) atoms. The second-order valence-electron chi connectivity index (χ2n) is 4.92. The molecule has 1 saturated heterocycles. The number of aromatic nitrogens is 2. The van der Waals surface area contributed by atoms with E-state index in [0.717, 1.165) is 42.7 Å². The average Bonchev–Trinajstić information content (AvgIpc) is 2.88. The van der Waals surface area contributed by atoms with E-state index in [2.05, 4.69) is 20.6 Å². The Hall–Kier alpha value is -1.88. The van der Waals surface area contributed by atoms with Gasteiger partial charge in [0.15, 0.2) is 0 Å². The molecule has 5 nitrogen and oxygen atoms in total. The van der Waals surface area contributed by atoms with Crippen molar-refractivity contribution in [3.05, 3.63) is 30.1 Å². The van der Waals surface area contributed by atoms with E-state index in [0.29, 0.717) is 6.54 Å². The summed E-state index contributed by atoms with van der Waals surface area (Å²) in [5.41, 5.74) is 1.94. The van der Waals surface area contributed by atoms with Crippen LogP contribution in [0.2, 0.25) is 0 Å². The largest absolute Gasteiger partial charge is 0.348 e. The molecule has 1 atom stereocenters. The molecule has 1 fully saturated rings. The fourth-order valence-electron chi connectivity index (χ4n) is 2.46. The van der Waals surface area contributed by atoms with E-state index < -0.39 is 0 Å². The van der Waals surface area contributed by atoms with Crippen LogP contribution in [0.1, 0.15) is 25.1 Å². The van der Waals surface area contributed by atoms with E-state index in [1.54, 1.807) is 0 Å². The Labute approximate surface area is 111 Å². The van der Waals surface area contributed by atoms with Crippen molar-refractivity contribution in [1.82, 2.24) is 20.6 Å². The number of H-pyrrole nitrogens is 1. The average molecular weight is 258 g/mol. The minimum Gasteiger partial charge on any atom is -0.348 e. The SMILES string of the molecule is O=C(NCc1nc2ccccc2[nH]1)[C@H]1CCCCN1. The molecule has 2 aromatic rings. The molecule has 0 radical (unpaired) electrons. The number of nitrogens with one attached hydrogen (secondary N) is 3. The van der Waals surface area contributed by atoms with Crippen LogP contribution in [0.4, 0.5) is 0 Å². The number of nitrogens with zero attached hydrogens (tertiary/aromatic N) is 1. The molecule has 1 amide bonds. The number of carbonyl (C=O) groups excluding carboxylic acids is 1. The number of hydrogen-bond donors (Lipinski definition) is 3. The maximum atomic E-state index is 12.0. The normalized spacial score (nSPS) is 19.5. The zero-order valence-electron chi connectivity index (χ0n) is 10.8. The summed E-state index contributed by atoms with van der Waals surface area (Å²) >= 11 is 0. The van der Waals surface area contributed by atoms with Gasteiger partial charge in [0.2, 0.25) is 5.91 Å². The van der Waals surface area contributed by atoms with Gasteiger partial charge in [0.1, 0.15) is 5.82 Å². The second kappa shape index (κ2) is 5.40. The van der Waals surface area contributed by atoms with E-state index in [9.17, 15) is 4.79 Å². The van der Waals surface area contributed by atoms with Crippen LogP contribution in [-0.4, -0.2) is 28.5 Å². The predicted molar refractivity (Wildman–Crippen MR) is 73.6 cm³/mol. The lowest BCUT2D eigenvalue weighted by Gasteiger charge is -2.22. The number of aromatic amines is 1. The standard InChI is InChI=1S/C14H18N4O/c19-14(12-7-3-4-8-15-12)16-9-13-17-10-5-1-2-6-11(10)18-13/h1-2,5-6,12,15H,3-4,7-9H2,(H,16,19)(H,17,18)/t12-/m1/s1. The minimum absolute atomic E-state index is 0.0434. The molecule has 1 aliphatic heterocycles. The lowest BCUT2D eigenvalue weighted by molar-refractivity contribution is -0.123. The first-order valence-corrected chi connectivity index (χ1v) is 6.77. The number of fused-ring (bicyclic) bond motifs is 1. The third-order valence-corrected chi connectivity index (χ3v) is 3.50. The van der Waals surface area contributed by atoms with Crippen molar-refractivity contribution >= 4 is 16.9 Å². The van der Waals surface area contributed by atoms with Gasteiger partial charge in [-0.3, -0.25) is 4.79 Å². The molecule has 0 bridgehead atoms. The van der Waals surface area contributed by atoms with Crippen molar-refractivity contribution in [2.24, 2.45) is 0 Å². The van der Waals surface area contributed by atoms with Gasteiger partial charge < -0.3 is 15.6 Å². The van der Waals surface area contributed by atoms with E-state index in [4.69, 9.17) is 0 Å². The molecule has 0 saturated carbocycles. The van der Waals surface area contributed by atoms with Crippen molar-refractivity contribution in [3.63, 3.8) is 0 Å². The molecule has 5 heteroatoms. The zero-order chi connectivity index (χ0) is 13.1. The predicted octanol–water partition coefficient (Wildman–Crippen LogP) is 1.32. The Morgan fingerprint density at radius 2 is 2.26 bits per heavy atom. The van der Waals surface area contributed by atoms with Crippen molar-refractivity contribution in [2.45, 2.75) is 31.8 Å². The number of para-hydroxylation sites is 2. The van der Waals surface area contributed by atoms with Gasteiger partial charge >= 0.3 is 0 Å². The van der Waals surface area contributed by atoms with Crippen LogP contribution in [0, 0.1) is 0 Å². The minimum atomic E-state index is -0.0434. The quantitative estimate of drug-likeness (QED) is 0.777. The first-order valence-electron chi connectivity index (χ1n) is 6.77. The van der Waals surface area contributed by atoms with Crippen molar-refractivity contribution in [1.29, 1.82) is 0 Å².